The number of benzene rings is 3. The van der Waals surface area contributed by atoms with Crippen molar-refractivity contribution in [2.24, 2.45) is 0 Å². The zero-order valence-electron chi connectivity index (χ0n) is 21.7. The quantitative estimate of drug-likeness (QED) is 0.352. The van der Waals surface area contributed by atoms with Gasteiger partial charge >= 0.3 is 0 Å². The Morgan fingerprint density at radius 3 is 2.00 bits per heavy atom. The number of hydrogen-bond acceptors (Lipinski definition) is 4. The van der Waals surface area contributed by atoms with Crippen LogP contribution in [0.3, 0.4) is 0 Å². The molecule has 2 amide bonds. The van der Waals surface area contributed by atoms with E-state index >= 15 is 0 Å². The molecule has 0 aliphatic carbocycles. The van der Waals surface area contributed by atoms with E-state index in [1.807, 2.05) is 38.1 Å². The van der Waals surface area contributed by atoms with E-state index in [9.17, 15) is 18.0 Å². The number of amides is 2. The zero-order valence-corrected chi connectivity index (χ0v) is 24.1. The molecule has 0 aliphatic rings. The average Bonchev–Trinajstić information content (AvgIpc) is 2.89. The molecule has 10 heteroatoms. The van der Waals surface area contributed by atoms with E-state index in [-0.39, 0.29) is 33.1 Å². The Morgan fingerprint density at radius 2 is 1.47 bits per heavy atom. The van der Waals surface area contributed by atoms with Gasteiger partial charge in [-0.3, -0.25) is 13.9 Å². The van der Waals surface area contributed by atoms with Crippen LogP contribution >= 0.6 is 23.2 Å². The molecule has 0 spiro atoms. The Hall–Kier alpha value is -3.07. The van der Waals surface area contributed by atoms with Gasteiger partial charge in [0.1, 0.15) is 12.6 Å². The van der Waals surface area contributed by atoms with E-state index in [0.717, 1.165) is 21.0 Å². The number of aryl methyl sites for hydroxylation is 2. The van der Waals surface area contributed by atoms with Crippen LogP contribution in [-0.2, 0) is 26.2 Å². The van der Waals surface area contributed by atoms with E-state index in [4.69, 9.17) is 23.2 Å². The highest BCUT2D eigenvalue weighted by atomic mass is 35.5. The Morgan fingerprint density at radius 1 is 0.895 bits per heavy atom. The molecule has 0 aliphatic heterocycles. The Balaban J connectivity index is 2.08. The standard InChI is InChI=1S/C28H31Cl2N3O4S/c1-5-26(28(35)31-4)32(17-21-10-6-19(2)7-11-21)27(34)18-33(22-12-15-24(29)25(30)16-22)38(36,37)23-13-8-20(3)9-14-23/h6-16,26H,5,17-18H2,1-4H3,(H,31,35). The first-order chi connectivity index (χ1) is 18.0. The molecule has 0 fully saturated rings. The first-order valence-corrected chi connectivity index (χ1v) is 14.3. The number of anilines is 1. The lowest BCUT2D eigenvalue weighted by Crippen LogP contribution is -2.51. The van der Waals surface area contributed by atoms with Crippen LogP contribution in [0.25, 0.3) is 0 Å². The van der Waals surface area contributed by atoms with Crippen molar-refractivity contribution in [2.45, 2.75) is 44.7 Å². The third-order valence-corrected chi connectivity index (χ3v) is 8.71. The minimum absolute atomic E-state index is 0.0189. The van der Waals surface area contributed by atoms with Gasteiger partial charge in [0, 0.05) is 13.6 Å². The summed E-state index contributed by atoms with van der Waals surface area (Å²) in [4.78, 5) is 28.1. The fourth-order valence-electron chi connectivity index (χ4n) is 3.98. The number of nitrogens with zero attached hydrogens (tertiary/aromatic N) is 2. The molecule has 1 unspecified atom stereocenters. The number of hydrogen-bond donors (Lipinski definition) is 1. The highest BCUT2D eigenvalue weighted by Crippen LogP contribution is 2.31. The van der Waals surface area contributed by atoms with E-state index in [1.165, 1.54) is 42.3 Å². The molecule has 3 aromatic carbocycles. The monoisotopic (exact) mass is 575 g/mol. The molecule has 202 valence electrons. The van der Waals surface area contributed by atoms with Crippen LogP contribution in [0.1, 0.15) is 30.0 Å². The Bertz CT molecular complexity index is 1390. The lowest BCUT2D eigenvalue weighted by molar-refractivity contribution is -0.140. The maximum atomic E-state index is 13.9. The van der Waals surface area contributed by atoms with Crippen LogP contribution in [0.5, 0.6) is 0 Å². The van der Waals surface area contributed by atoms with E-state index < -0.39 is 28.5 Å². The molecule has 0 radical (unpaired) electrons. The van der Waals surface area contributed by atoms with Crippen molar-refractivity contribution < 1.29 is 18.0 Å². The van der Waals surface area contributed by atoms with Crippen molar-refractivity contribution in [2.75, 3.05) is 17.9 Å². The number of sulfonamides is 1. The minimum Gasteiger partial charge on any atom is -0.357 e. The van der Waals surface area contributed by atoms with Gasteiger partial charge in [0.05, 0.1) is 20.6 Å². The maximum Gasteiger partial charge on any atom is 0.264 e. The summed E-state index contributed by atoms with van der Waals surface area (Å²) in [6.45, 7) is 5.19. The summed E-state index contributed by atoms with van der Waals surface area (Å²) in [5, 5.41) is 3.01. The van der Waals surface area contributed by atoms with Crippen LogP contribution < -0.4 is 9.62 Å². The third kappa shape index (κ3) is 6.87. The molecule has 0 heterocycles. The van der Waals surface area contributed by atoms with E-state index in [2.05, 4.69) is 5.32 Å². The molecule has 38 heavy (non-hydrogen) atoms. The second-order valence-corrected chi connectivity index (χ2v) is 11.6. The van der Waals surface area contributed by atoms with Gasteiger partial charge < -0.3 is 10.2 Å². The molecule has 1 N–H and O–H groups in total. The Labute approximate surface area is 234 Å². The molecular weight excluding hydrogens is 545 g/mol. The number of likely N-dealkylation sites (N-methyl/N-ethyl adjacent to an activating group) is 1. The second kappa shape index (κ2) is 12.7. The number of nitrogens with one attached hydrogen (secondary N) is 1. The first-order valence-electron chi connectivity index (χ1n) is 12.1. The third-order valence-electron chi connectivity index (χ3n) is 6.18. The van der Waals surface area contributed by atoms with Crippen molar-refractivity contribution in [3.8, 4) is 0 Å². The van der Waals surface area contributed by atoms with Gasteiger partial charge in [0.15, 0.2) is 0 Å². The van der Waals surface area contributed by atoms with Crippen molar-refractivity contribution >= 4 is 50.7 Å². The van der Waals surface area contributed by atoms with Crippen molar-refractivity contribution in [1.29, 1.82) is 0 Å². The van der Waals surface area contributed by atoms with Gasteiger partial charge in [0.25, 0.3) is 10.0 Å². The van der Waals surface area contributed by atoms with E-state index in [0.29, 0.717) is 6.42 Å². The predicted molar refractivity (Wildman–Crippen MR) is 152 cm³/mol. The SMILES string of the molecule is CCC(C(=O)NC)N(Cc1ccc(C)cc1)C(=O)CN(c1ccc(Cl)c(Cl)c1)S(=O)(=O)c1ccc(C)cc1. The van der Waals surface area contributed by atoms with Crippen molar-refractivity contribution in [3.05, 3.63) is 93.5 Å². The first kappa shape index (κ1) is 29.5. The Kier molecular flexibility index (Phi) is 9.82. The number of carbonyl (C=O) groups is 2. The summed E-state index contributed by atoms with van der Waals surface area (Å²) in [5.41, 5.74) is 2.94. The van der Waals surface area contributed by atoms with Gasteiger partial charge in [-0.1, -0.05) is 77.7 Å². The van der Waals surface area contributed by atoms with Crippen LogP contribution in [-0.4, -0.2) is 44.8 Å². The van der Waals surface area contributed by atoms with Crippen LogP contribution in [0.2, 0.25) is 10.0 Å². The van der Waals surface area contributed by atoms with Crippen LogP contribution in [0.15, 0.2) is 71.6 Å². The summed E-state index contributed by atoms with van der Waals surface area (Å²) in [6.07, 6.45) is 0.342. The zero-order chi connectivity index (χ0) is 28.0. The lowest BCUT2D eigenvalue weighted by Gasteiger charge is -2.33. The van der Waals surface area contributed by atoms with Crippen molar-refractivity contribution in [3.63, 3.8) is 0 Å². The average molecular weight is 577 g/mol. The summed E-state index contributed by atoms with van der Waals surface area (Å²) < 4.78 is 28.6. The van der Waals surface area contributed by atoms with Gasteiger partial charge in [-0.05, 0) is 56.2 Å². The van der Waals surface area contributed by atoms with Gasteiger partial charge in [-0.15, -0.1) is 0 Å². The topological polar surface area (TPSA) is 86.8 Å². The number of rotatable bonds is 10. The highest BCUT2D eigenvalue weighted by molar-refractivity contribution is 7.92. The highest BCUT2D eigenvalue weighted by Gasteiger charge is 2.33. The summed E-state index contributed by atoms with van der Waals surface area (Å²) in [7, 11) is -2.68. The molecule has 7 nitrogen and oxygen atoms in total. The van der Waals surface area contributed by atoms with E-state index in [1.54, 1.807) is 19.1 Å². The number of carbonyl (C=O) groups excluding carboxylic acids is 2. The predicted octanol–water partition coefficient (Wildman–Crippen LogP) is 5.36. The molecule has 0 aromatic heterocycles. The molecule has 0 saturated carbocycles. The minimum atomic E-state index is -4.18. The fourth-order valence-corrected chi connectivity index (χ4v) is 5.68. The lowest BCUT2D eigenvalue weighted by atomic mass is 10.1. The molecule has 0 saturated heterocycles. The van der Waals surface area contributed by atoms with Crippen molar-refractivity contribution in [1.82, 2.24) is 10.2 Å². The largest absolute Gasteiger partial charge is 0.357 e. The molecule has 3 aromatic rings. The summed E-state index contributed by atoms with van der Waals surface area (Å²) in [6, 6.07) is 17.5. The molecule has 1 atom stereocenters. The fraction of sp³-hybridized carbons (Fsp3) is 0.286. The second-order valence-electron chi connectivity index (χ2n) is 8.97. The summed E-state index contributed by atoms with van der Waals surface area (Å²) in [5.74, 6) is -0.877. The molecular formula is C28H31Cl2N3O4S. The van der Waals surface area contributed by atoms with Crippen LogP contribution in [0, 0.1) is 13.8 Å². The molecule has 3 rings (SSSR count). The normalized spacial score (nSPS) is 12.1. The summed E-state index contributed by atoms with van der Waals surface area (Å²) >= 11 is 12.3. The maximum absolute atomic E-state index is 13.9. The van der Waals surface area contributed by atoms with Gasteiger partial charge in [-0.2, -0.15) is 0 Å². The smallest absolute Gasteiger partial charge is 0.264 e. The van der Waals surface area contributed by atoms with Gasteiger partial charge in [-0.25, -0.2) is 8.42 Å². The number of halogens is 2. The van der Waals surface area contributed by atoms with Crippen LogP contribution in [0.4, 0.5) is 5.69 Å². The van der Waals surface area contributed by atoms with Gasteiger partial charge in [0.2, 0.25) is 11.8 Å². The molecule has 0 bridgehead atoms.